The molecule has 176 valence electrons. The van der Waals surface area contributed by atoms with Crippen LogP contribution in [0.5, 0.6) is 0 Å². The summed E-state index contributed by atoms with van der Waals surface area (Å²) >= 11 is 6.57. The number of allylic oxidation sites excluding steroid dienone is 1. The third-order valence-electron chi connectivity index (χ3n) is 6.54. The molecule has 0 saturated carbocycles. The number of likely N-dealkylation sites (tertiary alicyclic amines) is 1. The van der Waals surface area contributed by atoms with Gasteiger partial charge in [0.2, 0.25) is 0 Å². The fraction of sp³-hybridized carbons (Fsp3) is 0.462. The number of aromatic nitrogens is 1. The molecule has 1 aromatic heterocycles. The van der Waals surface area contributed by atoms with E-state index in [0.29, 0.717) is 34.1 Å². The van der Waals surface area contributed by atoms with E-state index in [-0.39, 0.29) is 12.2 Å². The number of benzene rings is 1. The Balaban J connectivity index is 1.70. The lowest BCUT2D eigenvalue weighted by Gasteiger charge is -2.30. The molecular weight excluding hydrogens is 438 g/mol. The summed E-state index contributed by atoms with van der Waals surface area (Å²) in [5, 5.41) is 3.78. The van der Waals surface area contributed by atoms with E-state index in [2.05, 4.69) is 10.2 Å². The summed E-state index contributed by atoms with van der Waals surface area (Å²) < 4.78 is 7.13. The number of rotatable bonds is 7. The van der Waals surface area contributed by atoms with Crippen molar-refractivity contribution in [1.29, 1.82) is 0 Å². The smallest absolute Gasteiger partial charge is 0.336 e. The van der Waals surface area contributed by atoms with Gasteiger partial charge in [-0.25, -0.2) is 4.79 Å². The van der Waals surface area contributed by atoms with Crippen molar-refractivity contribution in [2.75, 3.05) is 31.6 Å². The Bertz CT molecular complexity index is 1100. The molecule has 4 rings (SSSR count). The van der Waals surface area contributed by atoms with E-state index in [1.54, 1.807) is 17.6 Å². The number of carbonyl (C=O) groups is 1. The highest BCUT2D eigenvalue weighted by Crippen LogP contribution is 2.42. The number of nitrogens with zero attached hydrogens (tertiary/aromatic N) is 2. The van der Waals surface area contributed by atoms with Gasteiger partial charge in [-0.15, -0.1) is 0 Å². The Morgan fingerprint density at radius 1 is 1.15 bits per heavy atom. The standard InChI is InChI=1S/C26H32ClN3O3/c1-3-33-26(32)22-18(2)28-21-12-17-30(16-9-15-29-13-7-4-8-14-29)25(31)24(21)23(22)19-10-5-6-11-20(19)27/h5-6,10-12,17,23,28H,3-4,7-9,13-16H2,1-2H3. The van der Waals surface area contributed by atoms with Crippen LogP contribution < -0.4 is 10.9 Å². The first-order valence-electron chi connectivity index (χ1n) is 11.9. The molecule has 0 radical (unpaired) electrons. The van der Waals surface area contributed by atoms with Crippen LogP contribution in [-0.4, -0.2) is 41.7 Å². The lowest BCUT2D eigenvalue weighted by Crippen LogP contribution is -2.34. The Morgan fingerprint density at radius 3 is 2.64 bits per heavy atom. The van der Waals surface area contributed by atoms with E-state index in [1.165, 1.54) is 19.3 Å². The number of nitrogens with one attached hydrogen (secondary N) is 1. The van der Waals surface area contributed by atoms with Crippen LogP contribution in [0.4, 0.5) is 5.69 Å². The fourth-order valence-electron chi connectivity index (χ4n) is 4.93. The molecule has 2 aliphatic heterocycles. The summed E-state index contributed by atoms with van der Waals surface area (Å²) in [6.07, 6.45) is 6.57. The summed E-state index contributed by atoms with van der Waals surface area (Å²) in [5.74, 6) is -1.02. The number of piperidine rings is 1. The van der Waals surface area contributed by atoms with E-state index in [1.807, 2.05) is 37.4 Å². The summed E-state index contributed by atoms with van der Waals surface area (Å²) in [4.78, 5) is 29.2. The number of hydrogen-bond donors (Lipinski definition) is 1. The minimum atomic E-state index is -0.587. The van der Waals surface area contributed by atoms with Crippen LogP contribution >= 0.6 is 11.6 Å². The quantitative estimate of drug-likeness (QED) is 0.591. The predicted octanol–water partition coefficient (Wildman–Crippen LogP) is 4.77. The first-order chi connectivity index (χ1) is 16.0. The van der Waals surface area contributed by atoms with E-state index < -0.39 is 11.9 Å². The van der Waals surface area contributed by atoms with Crippen LogP contribution in [0, 0.1) is 0 Å². The molecule has 0 bridgehead atoms. The fourth-order valence-corrected chi connectivity index (χ4v) is 5.18. The lowest BCUT2D eigenvalue weighted by molar-refractivity contribution is -0.138. The monoisotopic (exact) mass is 469 g/mol. The van der Waals surface area contributed by atoms with Crippen LogP contribution in [0.1, 0.15) is 56.6 Å². The number of aryl methyl sites for hydroxylation is 1. The number of anilines is 1. The number of fused-ring (bicyclic) bond motifs is 1. The second-order valence-corrected chi connectivity index (χ2v) is 9.14. The van der Waals surface area contributed by atoms with E-state index >= 15 is 0 Å². The van der Waals surface area contributed by atoms with Gasteiger partial charge in [-0.05, 0) is 70.4 Å². The van der Waals surface area contributed by atoms with Crippen LogP contribution in [0.2, 0.25) is 5.02 Å². The molecular formula is C26H32ClN3O3. The molecule has 2 aliphatic rings. The van der Waals surface area contributed by atoms with Crippen LogP contribution in [0.3, 0.4) is 0 Å². The molecule has 0 spiro atoms. The number of ether oxygens (including phenoxy) is 1. The molecule has 6 nitrogen and oxygen atoms in total. The van der Waals surface area contributed by atoms with E-state index in [9.17, 15) is 9.59 Å². The second kappa shape index (κ2) is 10.6. The summed E-state index contributed by atoms with van der Waals surface area (Å²) in [6, 6.07) is 9.31. The van der Waals surface area contributed by atoms with Gasteiger partial charge in [0.05, 0.1) is 23.7 Å². The van der Waals surface area contributed by atoms with Gasteiger partial charge >= 0.3 is 5.97 Å². The minimum absolute atomic E-state index is 0.0992. The molecule has 33 heavy (non-hydrogen) atoms. The summed E-state index contributed by atoms with van der Waals surface area (Å²) in [6.45, 7) is 7.78. The van der Waals surface area contributed by atoms with Gasteiger partial charge in [-0.2, -0.15) is 0 Å². The van der Waals surface area contributed by atoms with Gasteiger partial charge in [0.25, 0.3) is 5.56 Å². The number of halogens is 1. The van der Waals surface area contributed by atoms with Crippen molar-refractivity contribution in [2.45, 2.75) is 52.0 Å². The molecule has 7 heteroatoms. The van der Waals surface area contributed by atoms with Gasteiger partial charge < -0.3 is 19.5 Å². The SMILES string of the molecule is CCOC(=O)C1=C(C)Nc2ccn(CCCN3CCCCC3)c(=O)c2C1c1ccccc1Cl. The maximum Gasteiger partial charge on any atom is 0.336 e. The Kier molecular flexibility index (Phi) is 7.56. The molecule has 0 aliphatic carbocycles. The molecule has 1 atom stereocenters. The van der Waals surface area contributed by atoms with Crippen molar-refractivity contribution in [2.24, 2.45) is 0 Å². The topological polar surface area (TPSA) is 63.6 Å². The Labute approximate surface area is 200 Å². The molecule has 3 heterocycles. The van der Waals surface area contributed by atoms with Crippen LogP contribution in [-0.2, 0) is 16.1 Å². The highest BCUT2D eigenvalue weighted by molar-refractivity contribution is 6.31. The van der Waals surface area contributed by atoms with Crippen molar-refractivity contribution in [1.82, 2.24) is 9.47 Å². The second-order valence-electron chi connectivity index (χ2n) is 8.74. The average molecular weight is 470 g/mol. The Morgan fingerprint density at radius 2 is 1.91 bits per heavy atom. The van der Waals surface area contributed by atoms with E-state index in [0.717, 1.165) is 31.6 Å². The predicted molar refractivity (Wildman–Crippen MR) is 132 cm³/mol. The minimum Gasteiger partial charge on any atom is -0.463 e. The summed E-state index contributed by atoms with van der Waals surface area (Å²) in [7, 11) is 0. The largest absolute Gasteiger partial charge is 0.463 e. The molecule has 1 unspecified atom stereocenters. The molecule has 1 aromatic carbocycles. The number of esters is 1. The third-order valence-corrected chi connectivity index (χ3v) is 6.88. The van der Waals surface area contributed by atoms with Crippen molar-refractivity contribution in [3.63, 3.8) is 0 Å². The van der Waals surface area contributed by atoms with Gasteiger partial charge in [-0.1, -0.05) is 36.2 Å². The normalized spacial score (nSPS) is 18.6. The number of hydrogen-bond acceptors (Lipinski definition) is 5. The third kappa shape index (κ3) is 5.02. The average Bonchev–Trinajstić information content (AvgIpc) is 2.81. The van der Waals surface area contributed by atoms with Crippen LogP contribution in [0.25, 0.3) is 0 Å². The molecule has 0 amide bonds. The lowest BCUT2D eigenvalue weighted by atomic mass is 9.81. The zero-order valence-electron chi connectivity index (χ0n) is 19.4. The zero-order valence-corrected chi connectivity index (χ0v) is 20.2. The molecule has 2 aromatic rings. The summed E-state index contributed by atoms with van der Waals surface area (Å²) in [5.41, 5.74) is 2.99. The van der Waals surface area contributed by atoms with Crippen molar-refractivity contribution in [3.8, 4) is 0 Å². The zero-order chi connectivity index (χ0) is 23.4. The van der Waals surface area contributed by atoms with Gasteiger partial charge in [0.1, 0.15) is 0 Å². The maximum absolute atomic E-state index is 13.7. The molecule has 1 N–H and O–H groups in total. The highest BCUT2D eigenvalue weighted by Gasteiger charge is 2.36. The highest BCUT2D eigenvalue weighted by atomic mass is 35.5. The van der Waals surface area contributed by atoms with E-state index in [4.69, 9.17) is 16.3 Å². The van der Waals surface area contributed by atoms with Gasteiger partial charge in [0.15, 0.2) is 0 Å². The Hall–Kier alpha value is -2.57. The maximum atomic E-state index is 13.7. The first-order valence-corrected chi connectivity index (χ1v) is 12.2. The first kappa shape index (κ1) is 23.6. The van der Waals surface area contributed by atoms with Gasteiger partial charge in [-0.3, -0.25) is 4.79 Å². The van der Waals surface area contributed by atoms with Gasteiger partial charge in [0, 0.05) is 29.1 Å². The number of carbonyl (C=O) groups excluding carboxylic acids is 1. The van der Waals surface area contributed by atoms with Crippen molar-refractivity contribution in [3.05, 3.63) is 74.3 Å². The molecule has 1 saturated heterocycles. The number of pyridine rings is 1. The van der Waals surface area contributed by atoms with Crippen molar-refractivity contribution >= 4 is 23.3 Å². The van der Waals surface area contributed by atoms with Crippen LogP contribution in [0.15, 0.2) is 52.6 Å². The van der Waals surface area contributed by atoms with Crippen molar-refractivity contribution < 1.29 is 9.53 Å². The molecule has 1 fully saturated rings.